The van der Waals surface area contributed by atoms with Gasteiger partial charge in [-0.1, -0.05) is 138 Å². The maximum absolute atomic E-state index is 7.34. The maximum atomic E-state index is 7.34. The topological polar surface area (TPSA) is 40.7 Å². The summed E-state index contributed by atoms with van der Waals surface area (Å²) in [6.07, 6.45) is 0. The van der Waals surface area contributed by atoms with Gasteiger partial charge in [0.05, 0.1) is 27.8 Å². The number of hydrogen-bond acceptors (Lipinski definition) is 3. The molecule has 2 aromatic heterocycles. The lowest BCUT2D eigenvalue weighted by molar-refractivity contribution is 0.485. The van der Waals surface area contributed by atoms with Gasteiger partial charge in [0.2, 0.25) is 5.78 Å². The predicted octanol–water partition coefficient (Wildman–Crippen LogP) is 3.68. The molecule has 6 heterocycles. The van der Waals surface area contributed by atoms with E-state index in [9.17, 15) is 0 Å². The first-order valence-corrected chi connectivity index (χ1v) is 21.7. The number of aromatic nitrogens is 3. The molecular weight excluding hydrogens is 712 g/mol. The van der Waals surface area contributed by atoms with Crippen LogP contribution in [0.25, 0.3) is 33.5 Å². The molecule has 4 aliphatic rings. The van der Waals surface area contributed by atoms with Crippen LogP contribution in [0.4, 0.5) is 0 Å². The molecule has 1 unspecified atom stereocenters. The summed E-state index contributed by atoms with van der Waals surface area (Å²) in [7, 11) is -2.94. The van der Waals surface area contributed by atoms with Crippen molar-refractivity contribution in [1.82, 2.24) is 14.0 Å². The van der Waals surface area contributed by atoms with Crippen LogP contribution in [0.15, 0.2) is 176 Å². The van der Waals surface area contributed by atoms with E-state index >= 15 is 0 Å². The highest BCUT2D eigenvalue weighted by molar-refractivity contribution is 7.31. The van der Waals surface area contributed by atoms with Crippen LogP contribution in [-0.2, 0) is 0 Å². The van der Waals surface area contributed by atoms with Crippen LogP contribution in [0.3, 0.4) is 0 Å². The molecule has 0 radical (unpaired) electrons. The third kappa shape index (κ3) is 3.57. The summed E-state index contributed by atoms with van der Waals surface area (Å²) in [5, 5.41) is 5.68. The van der Waals surface area contributed by atoms with Gasteiger partial charge in [0.15, 0.2) is 8.07 Å². The number of fused-ring (bicyclic) bond motifs is 17. The number of ether oxygens (including phenoxy) is 2. The molecule has 8 heteroatoms. The molecule has 0 bridgehead atoms. The van der Waals surface area contributed by atoms with E-state index in [1.165, 1.54) is 53.5 Å². The molecule has 4 aliphatic heterocycles. The zero-order chi connectivity index (χ0) is 37.0. The summed E-state index contributed by atoms with van der Waals surface area (Å²) >= 11 is 0. The molecule has 262 valence electrons. The van der Waals surface area contributed by atoms with E-state index in [1.54, 1.807) is 0 Å². The summed E-state index contributed by atoms with van der Waals surface area (Å²) in [6.45, 7) is 0.0688. The standard InChI is InChI=1S/C49H29B2N3O2Si/c1-8-23-39-30(14-1)50-31-15-2-9-26-42(31)57(44-28-12-24-40(55-39)46(44)50)43-27-10-3-16-32(43)51-33-17-11-22-38(48(33)56-41-25-13-29-45(57)47(41)51)54-37-21-7-6-20-36(37)53-35-19-5-4-18-34(35)52-49(53)54/h1-29H. The van der Waals surface area contributed by atoms with Crippen molar-refractivity contribution in [3.8, 4) is 28.7 Å². The second-order valence-corrected chi connectivity index (χ2v) is 19.4. The second kappa shape index (κ2) is 10.6. The van der Waals surface area contributed by atoms with Gasteiger partial charge in [0.1, 0.15) is 23.0 Å². The minimum atomic E-state index is -2.94. The van der Waals surface area contributed by atoms with Gasteiger partial charge >= 0.3 is 0 Å². The van der Waals surface area contributed by atoms with Crippen molar-refractivity contribution in [2.24, 2.45) is 0 Å². The van der Waals surface area contributed by atoms with E-state index in [4.69, 9.17) is 14.5 Å². The number of nitrogens with zero attached hydrogens (tertiary/aromatic N) is 3. The summed E-state index contributed by atoms with van der Waals surface area (Å²) < 4.78 is 18.7. The molecule has 5 nitrogen and oxygen atoms in total. The van der Waals surface area contributed by atoms with E-state index in [0.29, 0.717) is 0 Å². The molecule has 8 aromatic carbocycles. The van der Waals surface area contributed by atoms with Crippen LogP contribution >= 0.6 is 0 Å². The fraction of sp³-hybridized carbons (Fsp3) is 0. The van der Waals surface area contributed by atoms with Crippen molar-refractivity contribution < 1.29 is 9.47 Å². The van der Waals surface area contributed by atoms with Crippen molar-refractivity contribution >= 4 is 103 Å². The first-order valence-electron chi connectivity index (χ1n) is 19.7. The third-order valence-corrected chi connectivity index (χ3v) is 18.2. The van der Waals surface area contributed by atoms with Crippen LogP contribution in [0.1, 0.15) is 0 Å². The van der Waals surface area contributed by atoms with Gasteiger partial charge in [-0.3, -0.25) is 8.97 Å². The molecule has 0 saturated heterocycles. The zero-order valence-corrected chi connectivity index (χ0v) is 31.6. The van der Waals surface area contributed by atoms with Crippen molar-refractivity contribution in [1.29, 1.82) is 0 Å². The Morgan fingerprint density at radius 1 is 0.421 bits per heavy atom. The molecule has 0 fully saturated rings. The zero-order valence-electron chi connectivity index (χ0n) is 30.6. The van der Waals surface area contributed by atoms with Crippen molar-refractivity contribution in [3.05, 3.63) is 176 Å². The average Bonchev–Trinajstić information content (AvgIpc) is 3.80. The van der Waals surface area contributed by atoms with Crippen LogP contribution in [-0.4, -0.2) is 35.5 Å². The highest BCUT2D eigenvalue weighted by Gasteiger charge is 2.58. The number of rotatable bonds is 1. The number of benzene rings is 8. The fourth-order valence-corrected chi connectivity index (χ4v) is 17.0. The molecule has 0 saturated carbocycles. The summed E-state index contributed by atoms with van der Waals surface area (Å²) in [5.41, 5.74) is 13.0. The maximum Gasteiger partial charge on any atom is 0.250 e. The fourth-order valence-electron chi connectivity index (χ4n) is 11.2. The second-order valence-electron chi connectivity index (χ2n) is 15.7. The minimum absolute atomic E-state index is 0.0210. The van der Waals surface area contributed by atoms with Crippen LogP contribution < -0.4 is 63.0 Å². The highest BCUT2D eigenvalue weighted by Crippen LogP contribution is 2.37. The van der Waals surface area contributed by atoms with Gasteiger partial charge in [0, 0.05) is 0 Å². The van der Waals surface area contributed by atoms with Gasteiger partial charge < -0.3 is 9.47 Å². The quantitative estimate of drug-likeness (QED) is 0.242. The Hall–Kier alpha value is -7.02. The Morgan fingerprint density at radius 2 is 0.947 bits per heavy atom. The van der Waals surface area contributed by atoms with Gasteiger partial charge in [-0.25, -0.2) is 4.98 Å². The Morgan fingerprint density at radius 3 is 1.70 bits per heavy atom. The molecule has 10 aromatic rings. The van der Waals surface area contributed by atoms with Crippen molar-refractivity contribution in [2.45, 2.75) is 0 Å². The van der Waals surface area contributed by atoms with E-state index in [2.05, 4.69) is 185 Å². The lowest BCUT2D eigenvalue weighted by atomic mass is 9.35. The van der Waals surface area contributed by atoms with Gasteiger partial charge in [-0.15, -0.1) is 0 Å². The monoisotopic (exact) mass is 741 g/mol. The minimum Gasteiger partial charge on any atom is -0.458 e. The molecule has 0 amide bonds. The molecule has 0 aliphatic carbocycles. The predicted molar refractivity (Wildman–Crippen MR) is 235 cm³/mol. The highest BCUT2D eigenvalue weighted by atomic mass is 28.3. The van der Waals surface area contributed by atoms with Crippen LogP contribution in [0, 0.1) is 0 Å². The first-order chi connectivity index (χ1) is 28.3. The Kier molecular flexibility index (Phi) is 5.64. The normalized spacial score (nSPS) is 16.4. The van der Waals surface area contributed by atoms with Crippen molar-refractivity contribution in [2.75, 3.05) is 0 Å². The molecule has 0 N–H and O–H groups in total. The summed E-state index contributed by atoms with van der Waals surface area (Å²) in [6, 6.07) is 64.4. The summed E-state index contributed by atoms with van der Waals surface area (Å²) in [5.74, 6) is 4.57. The van der Waals surface area contributed by atoms with Crippen LogP contribution in [0.5, 0.6) is 23.0 Å². The van der Waals surface area contributed by atoms with Crippen LogP contribution in [0.2, 0.25) is 0 Å². The first kappa shape index (κ1) is 30.2. The third-order valence-electron chi connectivity index (χ3n) is 13.2. The Balaban J connectivity index is 1.07. The largest absolute Gasteiger partial charge is 0.458 e. The van der Waals surface area contributed by atoms with E-state index in [1.807, 2.05) is 0 Å². The Labute approximate surface area is 329 Å². The number of hydrogen-bond donors (Lipinski definition) is 0. The van der Waals surface area contributed by atoms with E-state index < -0.39 is 8.07 Å². The molecular formula is C49H29B2N3O2Si. The Bertz CT molecular complexity index is 3430. The lowest BCUT2D eigenvalue weighted by Crippen LogP contribution is -2.93. The smallest absolute Gasteiger partial charge is 0.250 e. The van der Waals surface area contributed by atoms with Gasteiger partial charge in [0.25, 0.3) is 13.4 Å². The molecule has 1 spiro atoms. The van der Waals surface area contributed by atoms with Crippen molar-refractivity contribution in [3.63, 3.8) is 0 Å². The van der Waals surface area contributed by atoms with E-state index in [-0.39, 0.29) is 13.4 Å². The summed E-state index contributed by atoms with van der Waals surface area (Å²) in [4.78, 5) is 5.23. The molecule has 1 atom stereocenters. The van der Waals surface area contributed by atoms with E-state index in [0.717, 1.165) is 56.5 Å². The average molecular weight is 741 g/mol. The lowest BCUT2D eigenvalue weighted by Gasteiger charge is -2.49. The SMILES string of the molecule is c1ccc2c(c1)Oc1cccc3c1B2c1ccccc1[Si]31c2ccccc2B2c3cccc(-n4c5ccccc5n5c6ccccc6nc45)c3Oc3cccc1c32. The number of para-hydroxylation sites is 6. The van der Waals surface area contributed by atoms with Gasteiger partial charge in [-0.05, 0) is 91.1 Å². The number of imidazole rings is 2. The molecule has 57 heavy (non-hydrogen) atoms. The molecule has 14 rings (SSSR count). The van der Waals surface area contributed by atoms with Gasteiger partial charge in [-0.2, -0.15) is 0 Å².